The number of carbonyl (C=O) groups is 1. The van der Waals surface area contributed by atoms with Gasteiger partial charge in [-0.15, -0.1) is 0 Å². The minimum absolute atomic E-state index is 0.0212. The molecule has 7 nitrogen and oxygen atoms in total. The highest BCUT2D eigenvalue weighted by atomic mass is 16.2. The number of likely N-dealkylation sites (N-methyl/N-ethyl adjacent to an activating group) is 2. The molecule has 3 rings (SSSR count). The number of benzene rings is 1. The molecular weight excluding hydrogens is 268 g/mol. The van der Waals surface area contributed by atoms with E-state index in [-0.39, 0.29) is 5.91 Å². The molecule has 0 radical (unpaired) electrons. The highest BCUT2D eigenvalue weighted by Crippen LogP contribution is 2.30. The number of hydrogen-bond donors (Lipinski definition) is 2. The highest BCUT2D eigenvalue weighted by molar-refractivity contribution is 6.01. The van der Waals surface area contributed by atoms with Gasteiger partial charge in [-0.25, -0.2) is 4.98 Å². The lowest BCUT2D eigenvalue weighted by Crippen LogP contribution is -2.42. The first kappa shape index (κ1) is 13.2. The first-order valence-electron chi connectivity index (χ1n) is 6.52. The number of hydrogen-bond acceptors (Lipinski definition) is 6. The van der Waals surface area contributed by atoms with Crippen LogP contribution in [-0.2, 0) is 4.79 Å². The Morgan fingerprint density at radius 2 is 1.95 bits per heavy atom. The number of nitrogens with one attached hydrogen (secondary N) is 1. The highest BCUT2D eigenvalue weighted by Gasteiger charge is 2.26. The van der Waals surface area contributed by atoms with Gasteiger partial charge >= 0.3 is 0 Å². The van der Waals surface area contributed by atoms with Crippen LogP contribution in [0.5, 0.6) is 0 Å². The summed E-state index contributed by atoms with van der Waals surface area (Å²) >= 11 is 0. The molecule has 2 heterocycles. The minimum Gasteiger partial charge on any atom is -0.399 e. The third-order valence-corrected chi connectivity index (χ3v) is 3.39. The first-order valence-corrected chi connectivity index (χ1v) is 6.52. The van der Waals surface area contributed by atoms with Gasteiger partial charge in [0.2, 0.25) is 11.9 Å². The number of rotatable bonds is 2. The lowest BCUT2D eigenvalue weighted by atomic mass is 10.3. The summed E-state index contributed by atoms with van der Waals surface area (Å²) in [6, 6.07) is 7.33. The number of carbonyl (C=O) groups excluding carboxylic acids is 1. The van der Waals surface area contributed by atoms with E-state index in [1.807, 2.05) is 24.1 Å². The maximum absolute atomic E-state index is 11.8. The molecule has 21 heavy (non-hydrogen) atoms. The number of amides is 1. The SMILES string of the molecule is CN1CC(=O)N(C)c2cnc(Nc3ccc(N)cc3)nc21. The zero-order valence-corrected chi connectivity index (χ0v) is 11.9. The van der Waals surface area contributed by atoms with Crippen molar-refractivity contribution < 1.29 is 4.79 Å². The molecule has 1 amide bonds. The molecular formula is C14H16N6O. The van der Waals surface area contributed by atoms with E-state index in [4.69, 9.17) is 5.73 Å². The average Bonchev–Trinajstić information content (AvgIpc) is 2.47. The number of anilines is 5. The Kier molecular flexibility index (Phi) is 3.09. The van der Waals surface area contributed by atoms with E-state index in [0.29, 0.717) is 23.9 Å². The fourth-order valence-corrected chi connectivity index (χ4v) is 2.16. The third kappa shape index (κ3) is 2.45. The predicted molar refractivity (Wildman–Crippen MR) is 82.8 cm³/mol. The van der Waals surface area contributed by atoms with Gasteiger partial charge in [-0.2, -0.15) is 4.98 Å². The summed E-state index contributed by atoms with van der Waals surface area (Å²) in [6.07, 6.45) is 1.65. The number of nitrogens with zero attached hydrogens (tertiary/aromatic N) is 4. The van der Waals surface area contributed by atoms with Crippen LogP contribution < -0.4 is 20.9 Å². The van der Waals surface area contributed by atoms with Crippen molar-refractivity contribution in [3.05, 3.63) is 30.5 Å². The number of nitrogens with two attached hydrogens (primary N) is 1. The quantitative estimate of drug-likeness (QED) is 0.806. The molecule has 0 fully saturated rings. The molecule has 7 heteroatoms. The fraction of sp³-hybridized carbons (Fsp3) is 0.214. The molecule has 0 spiro atoms. The van der Waals surface area contributed by atoms with E-state index in [0.717, 1.165) is 11.5 Å². The second-order valence-electron chi connectivity index (χ2n) is 4.96. The van der Waals surface area contributed by atoms with Crippen LogP contribution in [-0.4, -0.2) is 36.5 Å². The molecule has 108 valence electrons. The van der Waals surface area contributed by atoms with Gasteiger partial charge in [0.1, 0.15) is 5.69 Å². The second-order valence-corrected chi connectivity index (χ2v) is 4.96. The third-order valence-electron chi connectivity index (χ3n) is 3.39. The van der Waals surface area contributed by atoms with E-state index >= 15 is 0 Å². The van der Waals surface area contributed by atoms with Crippen LogP contribution >= 0.6 is 0 Å². The van der Waals surface area contributed by atoms with Crippen LogP contribution in [0.25, 0.3) is 0 Å². The van der Waals surface area contributed by atoms with E-state index in [1.54, 1.807) is 30.3 Å². The van der Waals surface area contributed by atoms with Crippen LogP contribution in [0.2, 0.25) is 0 Å². The van der Waals surface area contributed by atoms with Gasteiger partial charge in [0.25, 0.3) is 0 Å². The molecule has 0 saturated carbocycles. The normalized spacial score (nSPS) is 14.1. The Labute approximate surface area is 122 Å². The van der Waals surface area contributed by atoms with Crippen LogP contribution in [0.15, 0.2) is 30.5 Å². The topological polar surface area (TPSA) is 87.4 Å². The standard InChI is InChI=1S/C14H16N6O/c1-19-8-12(21)20(2)11-7-16-14(18-13(11)19)17-10-5-3-9(15)4-6-10/h3-7H,8,15H2,1-2H3,(H,16,17,18). The predicted octanol–water partition coefficient (Wildman–Crippen LogP) is 1.21. The smallest absolute Gasteiger partial charge is 0.246 e. The lowest BCUT2D eigenvalue weighted by molar-refractivity contribution is -0.117. The van der Waals surface area contributed by atoms with Crippen molar-refractivity contribution in [3.8, 4) is 0 Å². The van der Waals surface area contributed by atoms with E-state index in [2.05, 4.69) is 15.3 Å². The van der Waals surface area contributed by atoms with Gasteiger partial charge in [0.15, 0.2) is 5.82 Å². The van der Waals surface area contributed by atoms with Crippen molar-refractivity contribution in [1.82, 2.24) is 9.97 Å². The van der Waals surface area contributed by atoms with E-state index in [9.17, 15) is 4.79 Å². The number of fused-ring (bicyclic) bond motifs is 1. The molecule has 0 unspecified atom stereocenters. The van der Waals surface area contributed by atoms with Crippen LogP contribution in [0.1, 0.15) is 0 Å². The lowest BCUT2D eigenvalue weighted by Gasteiger charge is -2.31. The van der Waals surface area contributed by atoms with Gasteiger partial charge in [-0.1, -0.05) is 0 Å². The Balaban J connectivity index is 1.90. The maximum atomic E-state index is 11.8. The summed E-state index contributed by atoms with van der Waals surface area (Å²) in [5.74, 6) is 1.23. The molecule has 0 atom stereocenters. The molecule has 0 aliphatic carbocycles. The molecule has 1 aliphatic heterocycles. The monoisotopic (exact) mass is 284 g/mol. The Bertz CT molecular complexity index is 684. The van der Waals surface area contributed by atoms with Gasteiger partial charge in [0.05, 0.1) is 12.7 Å². The Morgan fingerprint density at radius 3 is 2.67 bits per heavy atom. The van der Waals surface area contributed by atoms with Crippen molar-refractivity contribution in [2.24, 2.45) is 0 Å². The number of aromatic nitrogens is 2. The molecule has 0 saturated heterocycles. The van der Waals surface area contributed by atoms with Crippen LogP contribution in [0.3, 0.4) is 0 Å². The summed E-state index contributed by atoms with van der Waals surface area (Å²) in [5, 5.41) is 3.12. The molecule has 1 aliphatic rings. The fourth-order valence-electron chi connectivity index (χ4n) is 2.16. The minimum atomic E-state index is 0.0212. The molecule has 2 aromatic rings. The van der Waals surface area contributed by atoms with Crippen molar-refractivity contribution in [3.63, 3.8) is 0 Å². The zero-order chi connectivity index (χ0) is 15.0. The summed E-state index contributed by atoms with van der Waals surface area (Å²) < 4.78 is 0. The summed E-state index contributed by atoms with van der Waals surface area (Å²) in [6.45, 7) is 0.307. The van der Waals surface area contributed by atoms with Gasteiger partial charge < -0.3 is 20.9 Å². The van der Waals surface area contributed by atoms with Crippen molar-refractivity contribution in [2.75, 3.05) is 41.5 Å². The maximum Gasteiger partial charge on any atom is 0.246 e. The first-order chi connectivity index (χ1) is 10.0. The van der Waals surface area contributed by atoms with Crippen molar-refractivity contribution in [2.45, 2.75) is 0 Å². The number of nitrogen functional groups attached to an aromatic ring is 1. The van der Waals surface area contributed by atoms with Crippen molar-refractivity contribution >= 4 is 34.7 Å². The molecule has 3 N–H and O–H groups in total. The van der Waals surface area contributed by atoms with Crippen LogP contribution in [0.4, 0.5) is 28.8 Å². The Hall–Kier alpha value is -2.83. The molecule has 1 aromatic carbocycles. The second kappa shape index (κ2) is 4.93. The largest absolute Gasteiger partial charge is 0.399 e. The average molecular weight is 284 g/mol. The summed E-state index contributed by atoms with van der Waals surface area (Å²) in [4.78, 5) is 23.9. The van der Waals surface area contributed by atoms with Gasteiger partial charge in [0, 0.05) is 25.5 Å². The molecule has 1 aromatic heterocycles. The zero-order valence-electron chi connectivity index (χ0n) is 11.9. The summed E-state index contributed by atoms with van der Waals surface area (Å²) in [5.41, 5.74) is 7.91. The van der Waals surface area contributed by atoms with E-state index in [1.165, 1.54) is 0 Å². The van der Waals surface area contributed by atoms with Gasteiger partial charge in [-0.05, 0) is 24.3 Å². The van der Waals surface area contributed by atoms with E-state index < -0.39 is 0 Å². The summed E-state index contributed by atoms with van der Waals surface area (Å²) in [7, 11) is 3.56. The van der Waals surface area contributed by atoms with Crippen molar-refractivity contribution in [1.29, 1.82) is 0 Å². The van der Waals surface area contributed by atoms with Gasteiger partial charge in [-0.3, -0.25) is 4.79 Å². The Morgan fingerprint density at radius 1 is 1.24 bits per heavy atom. The molecule has 0 bridgehead atoms. The van der Waals surface area contributed by atoms with Crippen LogP contribution in [0, 0.1) is 0 Å².